The van der Waals surface area contributed by atoms with Crippen LogP contribution in [0.1, 0.15) is 39.7 Å². The summed E-state index contributed by atoms with van der Waals surface area (Å²) in [6.07, 6.45) is 0.409. The number of methoxy groups -OCH3 is 4. The molecule has 0 amide bonds. The molecule has 0 atom stereocenters. The Balaban J connectivity index is 1.77. The lowest BCUT2D eigenvalue weighted by Gasteiger charge is -2.24. The van der Waals surface area contributed by atoms with Gasteiger partial charge in [-0.1, -0.05) is 13.0 Å². The highest BCUT2D eigenvalue weighted by Gasteiger charge is 2.27. The third kappa shape index (κ3) is 6.22. The van der Waals surface area contributed by atoms with Gasteiger partial charge in [-0.05, 0) is 54.4 Å². The molecule has 246 valence electrons. The number of aliphatic hydroxyl groups is 1. The molecule has 0 fully saturated rings. The maximum Gasteiger partial charge on any atom is 0.343 e. The molecular formula is C36H39N3O8. The lowest BCUT2D eigenvalue weighted by Crippen LogP contribution is -2.31. The standard InChI is InChI=1S/C36H39N3O8/c1-7-28-33(37-18-22-8-11-26(44-3)16-30(22)46-5)32(36(42)43)35(41)39(19-23-9-12-27(45-4)17-31(23)47-6)34(28)21-10-13-29-24(14-21)15-25(20-40)38(29)2/h8-17,37,40H,7,18-20H2,1-6H3,(H,42,43). The van der Waals surface area contributed by atoms with E-state index in [1.807, 2.05) is 48.9 Å². The van der Waals surface area contributed by atoms with Crippen LogP contribution < -0.4 is 29.8 Å². The Labute approximate surface area is 272 Å². The smallest absolute Gasteiger partial charge is 0.343 e. The van der Waals surface area contributed by atoms with E-state index in [0.717, 1.165) is 27.7 Å². The van der Waals surface area contributed by atoms with E-state index in [1.54, 1.807) is 51.7 Å². The molecule has 0 aliphatic heterocycles. The van der Waals surface area contributed by atoms with E-state index in [4.69, 9.17) is 18.9 Å². The Bertz CT molecular complexity index is 2010. The zero-order valence-corrected chi connectivity index (χ0v) is 27.3. The quantitative estimate of drug-likeness (QED) is 0.153. The first kappa shape index (κ1) is 33.0. The topological polar surface area (TPSA) is 133 Å². The number of pyridine rings is 1. The first-order chi connectivity index (χ1) is 22.7. The Morgan fingerprint density at radius 2 is 1.49 bits per heavy atom. The van der Waals surface area contributed by atoms with E-state index in [1.165, 1.54) is 11.7 Å². The minimum absolute atomic E-state index is 0.0376. The van der Waals surface area contributed by atoms with E-state index in [9.17, 15) is 19.8 Å². The van der Waals surface area contributed by atoms with E-state index in [0.29, 0.717) is 46.2 Å². The molecule has 2 heterocycles. The second kappa shape index (κ2) is 13.9. The number of nitrogens with one attached hydrogen (secondary N) is 1. The van der Waals surface area contributed by atoms with Crippen LogP contribution in [0, 0.1) is 0 Å². The summed E-state index contributed by atoms with van der Waals surface area (Å²) in [5, 5.41) is 24.5. The molecule has 0 radical (unpaired) electrons. The van der Waals surface area contributed by atoms with E-state index < -0.39 is 11.5 Å². The molecule has 11 nitrogen and oxygen atoms in total. The van der Waals surface area contributed by atoms with Crippen molar-refractivity contribution in [2.45, 2.75) is 33.0 Å². The number of nitrogens with zero attached hydrogens (tertiary/aromatic N) is 2. The van der Waals surface area contributed by atoms with Crippen LogP contribution in [0.4, 0.5) is 5.69 Å². The van der Waals surface area contributed by atoms with Crippen molar-refractivity contribution in [3.63, 3.8) is 0 Å². The lowest BCUT2D eigenvalue weighted by molar-refractivity contribution is 0.0695. The fraction of sp³-hybridized carbons (Fsp3) is 0.278. The molecule has 3 aromatic carbocycles. The zero-order chi connectivity index (χ0) is 33.8. The lowest BCUT2D eigenvalue weighted by atomic mass is 9.96. The van der Waals surface area contributed by atoms with Crippen molar-refractivity contribution in [1.82, 2.24) is 9.13 Å². The fourth-order valence-electron chi connectivity index (χ4n) is 6.03. The number of hydrogen-bond donors (Lipinski definition) is 3. The van der Waals surface area contributed by atoms with E-state index in [2.05, 4.69) is 5.32 Å². The zero-order valence-electron chi connectivity index (χ0n) is 27.3. The average Bonchev–Trinajstić information content (AvgIpc) is 3.41. The van der Waals surface area contributed by atoms with Gasteiger partial charge in [0.1, 0.15) is 28.6 Å². The van der Waals surface area contributed by atoms with Crippen molar-refractivity contribution in [3.8, 4) is 34.3 Å². The number of anilines is 1. The molecule has 0 aliphatic carbocycles. The first-order valence-corrected chi connectivity index (χ1v) is 15.1. The highest BCUT2D eigenvalue weighted by Crippen LogP contribution is 2.36. The largest absolute Gasteiger partial charge is 0.497 e. The minimum Gasteiger partial charge on any atom is -0.497 e. The summed E-state index contributed by atoms with van der Waals surface area (Å²) in [7, 11) is 8.08. The van der Waals surface area contributed by atoms with Gasteiger partial charge < -0.3 is 43.6 Å². The van der Waals surface area contributed by atoms with Crippen molar-refractivity contribution in [3.05, 3.63) is 99.0 Å². The Morgan fingerprint density at radius 1 is 0.851 bits per heavy atom. The molecule has 0 saturated carbocycles. The van der Waals surface area contributed by atoms with Crippen LogP contribution in [0.2, 0.25) is 0 Å². The summed E-state index contributed by atoms with van der Waals surface area (Å²) in [4.78, 5) is 27.3. The van der Waals surface area contributed by atoms with Crippen molar-refractivity contribution in [1.29, 1.82) is 0 Å². The predicted octanol–water partition coefficient (Wildman–Crippen LogP) is 5.45. The number of carboxylic acid groups (broad SMARTS) is 1. The van der Waals surface area contributed by atoms with Crippen molar-refractivity contribution < 1.29 is 34.0 Å². The average molecular weight is 642 g/mol. The summed E-state index contributed by atoms with van der Waals surface area (Å²) in [5.41, 5.74) is 4.21. The van der Waals surface area contributed by atoms with Gasteiger partial charge in [-0.15, -0.1) is 0 Å². The van der Waals surface area contributed by atoms with Gasteiger partial charge in [0.2, 0.25) is 0 Å². The van der Waals surface area contributed by atoms with Gasteiger partial charge in [-0.25, -0.2) is 4.79 Å². The number of aryl methyl sites for hydroxylation is 1. The number of fused-ring (bicyclic) bond motifs is 1. The molecular weight excluding hydrogens is 602 g/mol. The second-order valence-corrected chi connectivity index (χ2v) is 11.0. The van der Waals surface area contributed by atoms with Gasteiger partial charge in [-0.3, -0.25) is 4.79 Å². The van der Waals surface area contributed by atoms with Gasteiger partial charge in [0.05, 0.1) is 53.0 Å². The number of benzene rings is 3. The van der Waals surface area contributed by atoms with E-state index >= 15 is 0 Å². The van der Waals surface area contributed by atoms with Crippen molar-refractivity contribution in [2.75, 3.05) is 33.8 Å². The number of ether oxygens (including phenoxy) is 4. The number of carboxylic acids is 1. The molecule has 3 N–H and O–H groups in total. The molecule has 47 heavy (non-hydrogen) atoms. The van der Waals surface area contributed by atoms with Gasteiger partial charge >= 0.3 is 5.97 Å². The summed E-state index contributed by atoms with van der Waals surface area (Å²) >= 11 is 0. The van der Waals surface area contributed by atoms with Crippen LogP contribution in [0.5, 0.6) is 23.0 Å². The van der Waals surface area contributed by atoms with Gasteiger partial charge in [0.25, 0.3) is 5.56 Å². The number of hydrogen-bond acceptors (Lipinski definition) is 8. The predicted molar refractivity (Wildman–Crippen MR) is 180 cm³/mol. The molecule has 11 heteroatoms. The summed E-state index contributed by atoms with van der Waals surface area (Å²) < 4.78 is 25.3. The maximum atomic E-state index is 14.4. The second-order valence-electron chi connectivity index (χ2n) is 11.0. The van der Waals surface area contributed by atoms with Crippen LogP contribution in [0.15, 0.2) is 65.5 Å². The fourth-order valence-corrected chi connectivity index (χ4v) is 6.03. The molecule has 0 spiro atoms. The highest BCUT2D eigenvalue weighted by molar-refractivity contribution is 5.97. The highest BCUT2D eigenvalue weighted by atomic mass is 16.5. The van der Waals surface area contributed by atoms with E-state index in [-0.39, 0.29) is 30.9 Å². The minimum atomic E-state index is -1.35. The summed E-state index contributed by atoms with van der Waals surface area (Å²) in [6, 6.07) is 18.4. The van der Waals surface area contributed by atoms with Crippen LogP contribution in [0.25, 0.3) is 22.2 Å². The molecule has 5 aromatic rings. The van der Waals surface area contributed by atoms with Crippen LogP contribution in [0.3, 0.4) is 0 Å². The maximum absolute atomic E-state index is 14.4. The Hall–Kier alpha value is -5.42. The monoisotopic (exact) mass is 641 g/mol. The first-order valence-electron chi connectivity index (χ1n) is 15.1. The van der Waals surface area contributed by atoms with Gasteiger partial charge in [0.15, 0.2) is 0 Å². The molecule has 0 unspecified atom stereocenters. The molecule has 0 saturated heterocycles. The number of aliphatic hydroxyl groups excluding tert-OH is 1. The van der Waals surface area contributed by atoms with Gasteiger partial charge in [0, 0.05) is 59.0 Å². The number of aromatic nitrogens is 2. The summed E-state index contributed by atoms with van der Waals surface area (Å²) in [5.74, 6) is 0.909. The Morgan fingerprint density at radius 3 is 2.06 bits per heavy atom. The van der Waals surface area contributed by atoms with Crippen molar-refractivity contribution >= 4 is 22.6 Å². The third-order valence-corrected chi connectivity index (χ3v) is 8.48. The molecule has 0 bridgehead atoms. The van der Waals surface area contributed by atoms with Gasteiger partial charge in [-0.2, -0.15) is 0 Å². The number of rotatable bonds is 13. The number of carbonyl (C=O) groups is 1. The molecule has 0 aliphatic rings. The Kier molecular flexibility index (Phi) is 9.76. The van der Waals surface area contributed by atoms with Crippen molar-refractivity contribution in [2.24, 2.45) is 7.05 Å². The van der Waals surface area contributed by atoms with Crippen LogP contribution in [-0.4, -0.2) is 53.8 Å². The normalized spacial score (nSPS) is 11.0. The number of aromatic carboxylic acids is 1. The third-order valence-electron chi connectivity index (χ3n) is 8.48. The SMILES string of the molecule is CCc1c(NCc2ccc(OC)cc2OC)c(C(=O)O)c(=O)n(Cc2ccc(OC)cc2OC)c1-c1ccc2c(c1)cc(CO)n2C. The molecule has 2 aromatic heterocycles. The van der Waals surface area contributed by atoms with Crippen LogP contribution >= 0.6 is 0 Å². The summed E-state index contributed by atoms with van der Waals surface area (Å²) in [6.45, 7) is 2.03. The molecule has 5 rings (SSSR count). The van der Waals surface area contributed by atoms with Crippen LogP contribution in [-0.2, 0) is 33.2 Å².